The predicted octanol–water partition coefficient (Wildman–Crippen LogP) is 7.33. The van der Waals surface area contributed by atoms with Crippen molar-refractivity contribution in [2.75, 3.05) is 0 Å². The molecule has 0 radical (unpaired) electrons. The molecular weight excluding hydrogens is 461 g/mol. The maximum atomic E-state index is 11.1. The molecule has 0 aromatic heterocycles. The summed E-state index contributed by atoms with van der Waals surface area (Å²) in [6.07, 6.45) is 0. The van der Waals surface area contributed by atoms with Gasteiger partial charge in [0.15, 0.2) is 0 Å². The van der Waals surface area contributed by atoms with Crippen molar-refractivity contribution >= 4 is 60.6 Å². The Labute approximate surface area is 174 Å². The largest absolute Gasteiger partial charge is 0.282 e. The Hall–Kier alpha value is -2.99. The molecule has 0 saturated carbocycles. The molecule has 0 atom stereocenters. The fraction of sp³-hybridized carbons (Fsp3) is 0. The molecule has 0 aliphatic rings. The van der Waals surface area contributed by atoms with Crippen molar-refractivity contribution in [1.82, 2.24) is 0 Å². The van der Waals surface area contributed by atoms with E-state index >= 15 is 0 Å². The third kappa shape index (κ3) is 2.64. The number of hydrogen-bond acceptors (Lipinski definition) is 2. The second kappa shape index (κ2) is 6.56. The molecule has 5 aromatic carbocycles. The number of benzene rings is 5. The topological polar surface area (TPSA) is 43.1 Å². The highest BCUT2D eigenvalue weighted by Crippen LogP contribution is 2.37. The molecule has 3 nitrogen and oxygen atoms in total. The lowest BCUT2D eigenvalue weighted by Gasteiger charge is -2.12. The molecule has 5 aromatic rings. The Morgan fingerprint density at radius 2 is 1.07 bits per heavy atom. The van der Waals surface area contributed by atoms with E-state index in [-0.39, 0.29) is 10.6 Å². The maximum Gasteiger partial charge on any atom is 0.282 e. The Balaban J connectivity index is 1.82. The normalized spacial score (nSPS) is 11.3. The third-order valence-electron chi connectivity index (χ3n) is 5.22. The zero-order chi connectivity index (χ0) is 19.3. The molecule has 0 fully saturated rings. The van der Waals surface area contributed by atoms with Crippen molar-refractivity contribution < 1.29 is 4.92 Å². The van der Waals surface area contributed by atoms with Crippen LogP contribution in [0, 0.1) is 13.7 Å². The van der Waals surface area contributed by atoms with Crippen molar-refractivity contribution in [3.63, 3.8) is 0 Å². The van der Waals surface area contributed by atoms with E-state index in [0.717, 1.165) is 11.1 Å². The number of halogens is 1. The smallest absolute Gasteiger partial charge is 0.258 e. The molecule has 0 saturated heterocycles. The average Bonchev–Trinajstić information content (AvgIpc) is 2.73. The zero-order valence-corrected chi connectivity index (χ0v) is 16.9. The third-order valence-corrected chi connectivity index (χ3v) is 6.09. The van der Waals surface area contributed by atoms with E-state index in [0.29, 0.717) is 3.57 Å². The summed E-state index contributed by atoms with van der Waals surface area (Å²) in [7, 11) is 0. The number of nitro benzene ring substituents is 1. The minimum absolute atomic E-state index is 0.140. The number of hydrogen-bond donors (Lipinski definition) is 0. The molecule has 0 aliphatic carbocycles. The van der Waals surface area contributed by atoms with Crippen LogP contribution in [-0.2, 0) is 0 Å². The van der Waals surface area contributed by atoms with Crippen LogP contribution in [0.5, 0.6) is 0 Å². The zero-order valence-electron chi connectivity index (χ0n) is 14.7. The Kier molecular flexibility index (Phi) is 4.02. The number of fused-ring (bicyclic) bond motifs is 6. The summed E-state index contributed by atoms with van der Waals surface area (Å²) in [6.45, 7) is 0. The van der Waals surface area contributed by atoms with Gasteiger partial charge >= 0.3 is 0 Å². The van der Waals surface area contributed by atoms with Crippen molar-refractivity contribution in [3.8, 4) is 11.1 Å². The lowest BCUT2D eigenvalue weighted by molar-refractivity contribution is -0.385. The van der Waals surface area contributed by atoms with Crippen LogP contribution in [0.3, 0.4) is 0 Å². The summed E-state index contributed by atoms with van der Waals surface area (Å²) < 4.78 is 0.642. The molecule has 0 heterocycles. The van der Waals surface area contributed by atoms with Gasteiger partial charge in [0, 0.05) is 6.07 Å². The standard InChI is InChI=1S/C24H14INO2/c25-23-14-16(10-12-24(23)26(27)28)15-9-11-21-19-7-2-1-5-17(19)18-6-3-4-8-20(18)22(21)13-15/h1-14H. The molecule has 0 spiro atoms. The van der Waals surface area contributed by atoms with Crippen molar-refractivity contribution in [2.24, 2.45) is 0 Å². The highest BCUT2D eigenvalue weighted by molar-refractivity contribution is 14.1. The van der Waals surface area contributed by atoms with Crippen LogP contribution >= 0.6 is 22.6 Å². The van der Waals surface area contributed by atoms with E-state index in [4.69, 9.17) is 0 Å². The monoisotopic (exact) mass is 475 g/mol. The first-order valence-corrected chi connectivity index (χ1v) is 9.99. The molecular formula is C24H14INO2. The SMILES string of the molecule is O=[N+]([O-])c1ccc(-c2ccc3c4ccccc4c4ccccc4c3c2)cc1I. The second-order valence-corrected chi connectivity index (χ2v) is 7.94. The van der Waals surface area contributed by atoms with Crippen LogP contribution in [0.4, 0.5) is 5.69 Å². The molecule has 0 unspecified atom stereocenters. The van der Waals surface area contributed by atoms with Gasteiger partial charge < -0.3 is 0 Å². The quantitative estimate of drug-likeness (QED) is 0.116. The Bertz CT molecular complexity index is 1370. The minimum Gasteiger partial charge on any atom is -0.258 e. The molecule has 0 N–H and O–H groups in total. The van der Waals surface area contributed by atoms with Gasteiger partial charge in [-0.3, -0.25) is 10.1 Å². The van der Waals surface area contributed by atoms with Crippen LogP contribution in [0.25, 0.3) is 43.4 Å². The van der Waals surface area contributed by atoms with E-state index in [9.17, 15) is 10.1 Å². The number of nitro groups is 1. The molecule has 4 heteroatoms. The summed E-state index contributed by atoms with van der Waals surface area (Å²) in [5.41, 5.74) is 2.18. The van der Waals surface area contributed by atoms with E-state index in [2.05, 4.69) is 66.7 Å². The van der Waals surface area contributed by atoms with Crippen LogP contribution in [0.15, 0.2) is 84.9 Å². The van der Waals surface area contributed by atoms with Gasteiger partial charge in [0.25, 0.3) is 5.69 Å². The van der Waals surface area contributed by atoms with E-state index in [1.54, 1.807) is 6.07 Å². The van der Waals surface area contributed by atoms with Gasteiger partial charge in [-0.15, -0.1) is 0 Å². The molecule has 0 bridgehead atoms. The summed E-state index contributed by atoms with van der Waals surface area (Å²) in [5, 5.41) is 18.5. The molecule has 0 aliphatic heterocycles. The van der Waals surface area contributed by atoms with Crippen molar-refractivity contribution in [2.45, 2.75) is 0 Å². The van der Waals surface area contributed by atoms with Gasteiger partial charge in [-0.1, -0.05) is 60.7 Å². The lowest BCUT2D eigenvalue weighted by Crippen LogP contribution is -1.92. The van der Waals surface area contributed by atoms with Gasteiger partial charge in [0.2, 0.25) is 0 Å². The number of nitrogens with zero attached hydrogens (tertiary/aromatic N) is 1. The van der Waals surface area contributed by atoms with Crippen molar-refractivity contribution in [3.05, 3.63) is 98.6 Å². The average molecular weight is 475 g/mol. The van der Waals surface area contributed by atoms with E-state index in [1.165, 1.54) is 32.3 Å². The lowest BCUT2D eigenvalue weighted by atomic mass is 9.92. The number of rotatable bonds is 2. The fourth-order valence-corrected chi connectivity index (χ4v) is 4.63. The fourth-order valence-electron chi connectivity index (χ4n) is 3.92. The first kappa shape index (κ1) is 17.1. The Morgan fingerprint density at radius 1 is 0.607 bits per heavy atom. The first-order valence-electron chi connectivity index (χ1n) is 8.91. The maximum absolute atomic E-state index is 11.1. The van der Waals surface area contributed by atoms with E-state index in [1.807, 2.05) is 34.7 Å². The minimum atomic E-state index is -0.342. The molecule has 134 valence electrons. The highest BCUT2D eigenvalue weighted by atomic mass is 127. The van der Waals surface area contributed by atoms with Gasteiger partial charge in [-0.2, -0.15) is 0 Å². The second-order valence-electron chi connectivity index (χ2n) is 6.77. The predicted molar refractivity (Wildman–Crippen MR) is 124 cm³/mol. The summed E-state index contributed by atoms with van der Waals surface area (Å²) in [5.74, 6) is 0. The summed E-state index contributed by atoms with van der Waals surface area (Å²) in [6, 6.07) is 28.7. The van der Waals surface area contributed by atoms with Crippen molar-refractivity contribution in [1.29, 1.82) is 0 Å². The van der Waals surface area contributed by atoms with Crippen LogP contribution in [-0.4, -0.2) is 4.92 Å². The van der Waals surface area contributed by atoms with Gasteiger partial charge in [0.05, 0.1) is 8.49 Å². The first-order chi connectivity index (χ1) is 13.6. The molecule has 5 rings (SSSR count). The highest BCUT2D eigenvalue weighted by Gasteiger charge is 2.13. The van der Waals surface area contributed by atoms with Gasteiger partial charge in [-0.05, 0) is 84.2 Å². The van der Waals surface area contributed by atoms with Gasteiger partial charge in [-0.25, -0.2) is 0 Å². The molecule has 0 amide bonds. The summed E-state index contributed by atoms with van der Waals surface area (Å²) in [4.78, 5) is 10.8. The Morgan fingerprint density at radius 3 is 1.61 bits per heavy atom. The van der Waals surface area contributed by atoms with Crippen LogP contribution in [0.2, 0.25) is 0 Å². The van der Waals surface area contributed by atoms with Crippen LogP contribution in [0.1, 0.15) is 0 Å². The van der Waals surface area contributed by atoms with E-state index < -0.39 is 0 Å². The summed E-state index contributed by atoms with van der Waals surface area (Å²) >= 11 is 2.03. The van der Waals surface area contributed by atoms with Crippen LogP contribution < -0.4 is 0 Å². The molecule has 28 heavy (non-hydrogen) atoms. The van der Waals surface area contributed by atoms with Gasteiger partial charge in [0.1, 0.15) is 0 Å².